The lowest BCUT2D eigenvalue weighted by Crippen LogP contribution is -2.05. The van der Waals surface area contributed by atoms with Gasteiger partial charge in [0.25, 0.3) is 0 Å². The third-order valence-corrected chi connectivity index (χ3v) is 6.64. The maximum absolute atomic E-state index is 11.2. The van der Waals surface area contributed by atoms with Crippen molar-refractivity contribution in [1.82, 2.24) is 4.57 Å². The van der Waals surface area contributed by atoms with E-state index < -0.39 is 5.97 Å². The van der Waals surface area contributed by atoms with E-state index >= 15 is 0 Å². The predicted molar refractivity (Wildman–Crippen MR) is 141 cm³/mol. The number of hydrogen-bond donors (Lipinski definition) is 1. The highest BCUT2D eigenvalue weighted by Crippen LogP contribution is 2.27. The van der Waals surface area contributed by atoms with Crippen molar-refractivity contribution in [1.29, 1.82) is 0 Å². The molecule has 0 fully saturated rings. The monoisotopic (exact) mass is 465 g/mol. The summed E-state index contributed by atoms with van der Waals surface area (Å²) in [5.41, 5.74) is 8.46. The van der Waals surface area contributed by atoms with Gasteiger partial charge >= 0.3 is 5.97 Å². The van der Waals surface area contributed by atoms with Gasteiger partial charge in [0.05, 0.1) is 17.9 Å². The first kappa shape index (κ1) is 24.2. The molecule has 0 aliphatic rings. The lowest BCUT2D eigenvalue weighted by atomic mass is 9.96. The maximum atomic E-state index is 11.2. The number of carbonyl (C=O) groups is 1. The molecule has 1 heterocycles. The summed E-state index contributed by atoms with van der Waals surface area (Å²) >= 11 is 0. The van der Waals surface area contributed by atoms with Crippen LogP contribution in [0.15, 0.2) is 66.9 Å². The molecule has 1 unspecified atom stereocenters. The quantitative estimate of drug-likeness (QED) is 0.292. The molecule has 0 aliphatic carbocycles. The highest BCUT2D eigenvalue weighted by Gasteiger charge is 2.14. The van der Waals surface area contributed by atoms with Gasteiger partial charge in [0.15, 0.2) is 0 Å². The number of rotatable bonds is 8. The van der Waals surface area contributed by atoms with Crippen LogP contribution in [0.2, 0.25) is 0 Å². The molecule has 0 aliphatic heterocycles. The molecule has 3 aromatic carbocycles. The molecule has 35 heavy (non-hydrogen) atoms. The Balaban J connectivity index is 1.53. The van der Waals surface area contributed by atoms with Crippen LogP contribution in [0.1, 0.15) is 52.6 Å². The Hall–Kier alpha value is -3.97. The molecule has 178 valence electrons. The van der Waals surface area contributed by atoms with E-state index in [9.17, 15) is 4.79 Å². The van der Waals surface area contributed by atoms with Crippen LogP contribution in [0.25, 0.3) is 10.9 Å². The molecule has 4 rings (SSSR count). The summed E-state index contributed by atoms with van der Waals surface area (Å²) in [5, 5.41) is 10.4. The Labute approximate surface area is 207 Å². The van der Waals surface area contributed by atoms with Crippen LogP contribution < -0.4 is 4.74 Å². The van der Waals surface area contributed by atoms with E-state index in [2.05, 4.69) is 79.8 Å². The van der Waals surface area contributed by atoms with Gasteiger partial charge in [-0.25, -0.2) is 0 Å². The number of aryl methyl sites for hydroxylation is 3. The molecular formula is C31H31NO3. The first-order valence-corrected chi connectivity index (χ1v) is 11.9. The number of aliphatic carboxylic acids is 1. The van der Waals surface area contributed by atoms with Crippen LogP contribution in [0.5, 0.6) is 5.75 Å². The van der Waals surface area contributed by atoms with Crippen LogP contribution in [0.4, 0.5) is 0 Å². The Morgan fingerprint density at radius 3 is 2.37 bits per heavy atom. The van der Waals surface area contributed by atoms with E-state index in [1.165, 1.54) is 33.2 Å². The van der Waals surface area contributed by atoms with E-state index in [1.54, 1.807) is 6.92 Å². The summed E-state index contributed by atoms with van der Waals surface area (Å²) in [4.78, 5) is 11.2. The number of fused-ring (bicyclic) bond motifs is 1. The Kier molecular flexibility index (Phi) is 7.27. The molecule has 0 bridgehead atoms. The van der Waals surface area contributed by atoms with Gasteiger partial charge in [-0.3, -0.25) is 4.79 Å². The summed E-state index contributed by atoms with van der Waals surface area (Å²) in [6.07, 6.45) is 2.15. The van der Waals surface area contributed by atoms with Crippen LogP contribution in [0.3, 0.4) is 0 Å². The molecule has 0 amide bonds. The number of carboxylic acid groups (broad SMARTS) is 1. The Morgan fingerprint density at radius 1 is 1.00 bits per heavy atom. The van der Waals surface area contributed by atoms with E-state index in [1.807, 2.05) is 24.3 Å². The maximum Gasteiger partial charge on any atom is 0.304 e. The molecule has 0 saturated carbocycles. The van der Waals surface area contributed by atoms with Crippen molar-refractivity contribution in [2.75, 3.05) is 0 Å². The number of nitrogens with zero attached hydrogens (tertiary/aromatic N) is 1. The third kappa shape index (κ3) is 5.41. The fourth-order valence-electron chi connectivity index (χ4n) is 4.64. The summed E-state index contributed by atoms with van der Waals surface area (Å²) in [7, 11) is 0. The number of carboxylic acids is 1. The first-order valence-electron chi connectivity index (χ1n) is 11.9. The largest absolute Gasteiger partial charge is 0.489 e. The summed E-state index contributed by atoms with van der Waals surface area (Å²) < 4.78 is 8.44. The molecule has 4 aromatic rings. The van der Waals surface area contributed by atoms with E-state index in [0.717, 1.165) is 23.4 Å². The standard InChI is InChI=1S/C31H31NO3/c1-5-7-26(18-30(33)34)24-12-14-28(15-13-24)35-20-27-11-10-25-16-17-32(31(25)23(27)4)19-29-21(2)8-6-9-22(29)3/h6,8-17,26H,18-20H2,1-4H3,(H,33,34). The highest BCUT2D eigenvalue weighted by atomic mass is 16.5. The van der Waals surface area contributed by atoms with Crippen LogP contribution in [-0.4, -0.2) is 15.6 Å². The number of ether oxygens (including phenoxy) is 1. The zero-order chi connectivity index (χ0) is 24.9. The Bertz CT molecular complexity index is 1400. The molecule has 0 saturated heterocycles. The lowest BCUT2D eigenvalue weighted by molar-refractivity contribution is -0.137. The average Bonchev–Trinajstić information content (AvgIpc) is 3.24. The fourth-order valence-corrected chi connectivity index (χ4v) is 4.64. The molecular weight excluding hydrogens is 434 g/mol. The Morgan fingerprint density at radius 2 is 1.71 bits per heavy atom. The average molecular weight is 466 g/mol. The van der Waals surface area contributed by atoms with Crippen molar-refractivity contribution in [3.05, 3.63) is 100 Å². The van der Waals surface area contributed by atoms with Gasteiger partial charge in [-0.2, -0.15) is 0 Å². The van der Waals surface area contributed by atoms with Crippen LogP contribution in [-0.2, 0) is 17.9 Å². The molecule has 4 nitrogen and oxygen atoms in total. The first-order chi connectivity index (χ1) is 16.9. The van der Waals surface area contributed by atoms with Crippen molar-refractivity contribution in [3.8, 4) is 17.6 Å². The van der Waals surface area contributed by atoms with Crippen molar-refractivity contribution in [2.45, 2.75) is 53.2 Å². The summed E-state index contributed by atoms with van der Waals surface area (Å²) in [5.74, 6) is 5.39. The SMILES string of the molecule is CC#CC(CC(=O)O)c1ccc(OCc2ccc3ccn(Cc4c(C)cccc4C)c3c2C)cc1. The van der Waals surface area contributed by atoms with Crippen molar-refractivity contribution < 1.29 is 14.6 Å². The zero-order valence-corrected chi connectivity index (χ0v) is 20.8. The van der Waals surface area contributed by atoms with Crippen molar-refractivity contribution in [3.63, 3.8) is 0 Å². The third-order valence-electron chi connectivity index (χ3n) is 6.64. The normalized spacial score (nSPS) is 11.7. The molecule has 4 heteroatoms. The van der Waals surface area contributed by atoms with Gasteiger partial charge in [-0.1, -0.05) is 48.4 Å². The minimum Gasteiger partial charge on any atom is -0.489 e. The molecule has 0 spiro atoms. The minimum absolute atomic E-state index is 0.0120. The molecule has 1 aromatic heterocycles. The van der Waals surface area contributed by atoms with E-state index in [4.69, 9.17) is 9.84 Å². The van der Waals surface area contributed by atoms with Gasteiger partial charge in [0, 0.05) is 12.7 Å². The van der Waals surface area contributed by atoms with Crippen molar-refractivity contribution >= 4 is 16.9 Å². The molecule has 0 radical (unpaired) electrons. The second kappa shape index (κ2) is 10.5. The smallest absolute Gasteiger partial charge is 0.304 e. The van der Waals surface area contributed by atoms with Gasteiger partial charge in [-0.15, -0.1) is 5.92 Å². The highest BCUT2D eigenvalue weighted by molar-refractivity contribution is 5.84. The molecule has 1 N–H and O–H groups in total. The van der Waals surface area contributed by atoms with Crippen molar-refractivity contribution in [2.24, 2.45) is 0 Å². The summed E-state index contributed by atoms with van der Waals surface area (Å²) in [6.45, 7) is 9.53. The lowest BCUT2D eigenvalue weighted by Gasteiger charge is -2.15. The zero-order valence-electron chi connectivity index (χ0n) is 20.8. The van der Waals surface area contributed by atoms with Gasteiger partial charge in [-0.05, 0) is 84.7 Å². The van der Waals surface area contributed by atoms with E-state index in [0.29, 0.717) is 6.61 Å². The van der Waals surface area contributed by atoms with Crippen LogP contribution >= 0.6 is 0 Å². The second-order valence-electron chi connectivity index (χ2n) is 9.00. The molecule has 1 atom stereocenters. The van der Waals surface area contributed by atoms with E-state index in [-0.39, 0.29) is 12.3 Å². The number of aromatic nitrogens is 1. The van der Waals surface area contributed by atoms with Gasteiger partial charge in [0.1, 0.15) is 12.4 Å². The second-order valence-corrected chi connectivity index (χ2v) is 9.00. The number of benzene rings is 3. The van der Waals surface area contributed by atoms with Gasteiger partial charge < -0.3 is 14.4 Å². The van der Waals surface area contributed by atoms with Gasteiger partial charge in [0.2, 0.25) is 0 Å². The van der Waals surface area contributed by atoms with Crippen LogP contribution in [0, 0.1) is 32.6 Å². The fraction of sp³-hybridized carbons (Fsp3) is 0.258. The predicted octanol–water partition coefficient (Wildman–Crippen LogP) is 6.78. The minimum atomic E-state index is -0.855. The topological polar surface area (TPSA) is 51.5 Å². The summed E-state index contributed by atoms with van der Waals surface area (Å²) in [6, 6.07) is 20.5. The number of hydrogen-bond acceptors (Lipinski definition) is 2.